The Balaban J connectivity index is 1.63. The number of hydrogen-bond acceptors (Lipinski definition) is 6. The van der Waals surface area contributed by atoms with Gasteiger partial charge in [0.05, 0.1) is 40.6 Å². The number of nitrogens with zero attached hydrogens (tertiary/aromatic N) is 4. The van der Waals surface area contributed by atoms with Crippen molar-refractivity contribution in [2.24, 2.45) is 5.10 Å². The van der Waals surface area contributed by atoms with E-state index in [0.29, 0.717) is 28.8 Å². The van der Waals surface area contributed by atoms with Crippen molar-refractivity contribution >= 4 is 27.9 Å². The van der Waals surface area contributed by atoms with Crippen LogP contribution in [0.15, 0.2) is 29.4 Å². The summed E-state index contributed by atoms with van der Waals surface area (Å²) in [5, 5.41) is 9.40. The van der Waals surface area contributed by atoms with Crippen LogP contribution in [0.1, 0.15) is 50.1 Å². The average Bonchev–Trinajstić information content (AvgIpc) is 3.21. The minimum atomic E-state index is -3.03. The Morgan fingerprint density at radius 3 is 2.33 bits per heavy atom. The third-order valence-electron chi connectivity index (χ3n) is 5.01. The Hall–Kier alpha value is -2.81. The van der Waals surface area contributed by atoms with Gasteiger partial charge in [0.15, 0.2) is 9.84 Å². The highest BCUT2D eigenvalue weighted by atomic mass is 32.2. The molecule has 4 rings (SSSR count). The molecule has 0 spiro atoms. The van der Waals surface area contributed by atoms with Crippen molar-refractivity contribution < 1.29 is 18.0 Å². The quantitative estimate of drug-likeness (QED) is 0.587. The topological polar surface area (TPSA) is 102 Å². The first kappa shape index (κ1) is 17.6. The number of fused-ring (bicyclic) bond motifs is 1. The zero-order valence-corrected chi connectivity index (χ0v) is 15.7. The normalized spacial score (nSPS) is 21.4. The summed E-state index contributed by atoms with van der Waals surface area (Å²) in [6, 6.07) is 6.40. The molecule has 27 heavy (non-hydrogen) atoms. The lowest BCUT2D eigenvalue weighted by Gasteiger charge is -2.11. The zero-order chi connectivity index (χ0) is 19.3. The van der Waals surface area contributed by atoms with Crippen molar-refractivity contribution in [1.82, 2.24) is 14.8 Å². The van der Waals surface area contributed by atoms with Crippen LogP contribution in [0.2, 0.25) is 0 Å². The summed E-state index contributed by atoms with van der Waals surface area (Å²) < 4.78 is 25.2. The van der Waals surface area contributed by atoms with Gasteiger partial charge in [0.1, 0.15) is 0 Å². The van der Waals surface area contributed by atoms with Crippen molar-refractivity contribution in [3.05, 3.63) is 52.3 Å². The van der Waals surface area contributed by atoms with Crippen molar-refractivity contribution in [1.29, 1.82) is 0 Å². The molecule has 3 heterocycles. The molecule has 1 aromatic carbocycles. The van der Waals surface area contributed by atoms with Crippen LogP contribution >= 0.6 is 0 Å². The van der Waals surface area contributed by atoms with Gasteiger partial charge >= 0.3 is 0 Å². The maximum atomic E-state index is 12.4. The number of hydrazone groups is 1. The van der Waals surface area contributed by atoms with E-state index in [1.807, 2.05) is 6.92 Å². The van der Waals surface area contributed by atoms with E-state index in [9.17, 15) is 18.0 Å². The highest BCUT2D eigenvalue weighted by molar-refractivity contribution is 7.91. The smallest absolute Gasteiger partial charge is 0.267 e. The van der Waals surface area contributed by atoms with E-state index in [1.165, 1.54) is 6.21 Å². The first-order valence-electron chi connectivity index (χ1n) is 8.56. The molecule has 0 saturated carbocycles. The van der Waals surface area contributed by atoms with Gasteiger partial charge in [0, 0.05) is 11.3 Å². The number of carbonyl (C=O) groups excluding carboxylic acids is 2. The van der Waals surface area contributed by atoms with Crippen LogP contribution in [0.25, 0.3) is 0 Å². The Bertz CT molecular complexity index is 1070. The van der Waals surface area contributed by atoms with Gasteiger partial charge in [-0.05, 0) is 32.4 Å². The molecule has 1 fully saturated rings. The monoisotopic (exact) mass is 386 g/mol. The van der Waals surface area contributed by atoms with Gasteiger partial charge in [-0.3, -0.25) is 14.3 Å². The Morgan fingerprint density at radius 1 is 1.15 bits per heavy atom. The minimum absolute atomic E-state index is 0.0734. The number of aryl methyl sites for hydroxylation is 1. The maximum absolute atomic E-state index is 12.4. The van der Waals surface area contributed by atoms with Gasteiger partial charge in [-0.1, -0.05) is 12.1 Å². The van der Waals surface area contributed by atoms with Gasteiger partial charge < -0.3 is 0 Å². The zero-order valence-electron chi connectivity index (χ0n) is 14.9. The first-order valence-corrected chi connectivity index (χ1v) is 10.4. The van der Waals surface area contributed by atoms with Crippen LogP contribution < -0.4 is 0 Å². The number of aromatic nitrogens is 2. The predicted octanol–water partition coefficient (Wildman–Crippen LogP) is 1.49. The fourth-order valence-electron chi connectivity index (χ4n) is 3.58. The lowest BCUT2D eigenvalue weighted by atomic mass is 10.1. The molecule has 1 atom stereocenters. The molecule has 0 radical (unpaired) electrons. The molecule has 0 unspecified atom stereocenters. The average molecular weight is 386 g/mol. The molecular formula is C18H18N4O4S. The van der Waals surface area contributed by atoms with Gasteiger partial charge in [0.2, 0.25) is 0 Å². The number of sulfone groups is 1. The van der Waals surface area contributed by atoms with Crippen molar-refractivity contribution in [2.45, 2.75) is 26.3 Å². The second-order valence-corrected chi connectivity index (χ2v) is 9.03. The summed E-state index contributed by atoms with van der Waals surface area (Å²) in [5.41, 5.74) is 2.77. The van der Waals surface area contributed by atoms with Crippen molar-refractivity contribution in [2.75, 3.05) is 11.5 Å². The third-order valence-corrected chi connectivity index (χ3v) is 6.76. The highest BCUT2D eigenvalue weighted by Gasteiger charge is 2.35. The van der Waals surface area contributed by atoms with Gasteiger partial charge in [-0.25, -0.2) is 8.42 Å². The van der Waals surface area contributed by atoms with Crippen molar-refractivity contribution in [3.63, 3.8) is 0 Å². The number of hydrogen-bond donors (Lipinski definition) is 0. The van der Waals surface area contributed by atoms with Crippen LogP contribution in [0.5, 0.6) is 0 Å². The van der Waals surface area contributed by atoms with Crippen LogP contribution in [-0.2, 0) is 9.84 Å². The second kappa shape index (κ2) is 6.12. The molecule has 0 aliphatic carbocycles. The summed E-state index contributed by atoms with van der Waals surface area (Å²) in [5.74, 6) is -0.689. The van der Waals surface area contributed by atoms with Gasteiger partial charge in [-0.15, -0.1) is 0 Å². The van der Waals surface area contributed by atoms with E-state index in [0.717, 1.165) is 10.7 Å². The Morgan fingerprint density at radius 2 is 1.78 bits per heavy atom. The van der Waals surface area contributed by atoms with Crippen LogP contribution in [0, 0.1) is 13.8 Å². The summed E-state index contributed by atoms with van der Waals surface area (Å²) in [6.45, 7) is 3.62. The number of amides is 2. The first-order chi connectivity index (χ1) is 12.8. The lowest BCUT2D eigenvalue weighted by molar-refractivity contribution is 0.0660. The van der Waals surface area contributed by atoms with Crippen LogP contribution in [-0.4, -0.2) is 52.7 Å². The molecule has 8 nitrogen and oxygen atoms in total. The third kappa shape index (κ3) is 2.87. The summed E-state index contributed by atoms with van der Waals surface area (Å²) in [6.07, 6.45) is 1.97. The molecule has 140 valence electrons. The van der Waals surface area contributed by atoms with Crippen LogP contribution in [0.4, 0.5) is 0 Å². The van der Waals surface area contributed by atoms with Crippen LogP contribution in [0.3, 0.4) is 0 Å². The molecule has 2 aliphatic heterocycles. The minimum Gasteiger partial charge on any atom is -0.267 e. The SMILES string of the molecule is Cc1nn([C@H]2CCS(=O)(=O)C2)c(C)c1C=NN1C(=O)c2ccccc2C1=O. The van der Waals surface area contributed by atoms with E-state index in [4.69, 9.17) is 0 Å². The molecule has 2 amide bonds. The molecule has 9 heteroatoms. The number of rotatable bonds is 3. The predicted molar refractivity (Wildman–Crippen MR) is 98.5 cm³/mol. The molecule has 1 aromatic heterocycles. The molecule has 0 bridgehead atoms. The maximum Gasteiger partial charge on any atom is 0.282 e. The van der Waals surface area contributed by atoms with Gasteiger partial charge in [0.25, 0.3) is 11.8 Å². The van der Waals surface area contributed by atoms with E-state index in [-0.39, 0.29) is 17.5 Å². The van der Waals surface area contributed by atoms with E-state index < -0.39 is 21.7 Å². The fraction of sp³-hybridized carbons (Fsp3) is 0.333. The fourth-order valence-corrected chi connectivity index (χ4v) is 5.28. The molecule has 0 N–H and O–H groups in total. The number of carbonyl (C=O) groups is 2. The van der Waals surface area contributed by atoms with Crippen molar-refractivity contribution in [3.8, 4) is 0 Å². The molecule has 1 saturated heterocycles. The van der Waals surface area contributed by atoms with E-state index in [1.54, 1.807) is 35.9 Å². The summed E-state index contributed by atoms with van der Waals surface area (Å²) in [7, 11) is -3.03. The Labute approximate surface area is 156 Å². The molecule has 2 aromatic rings. The summed E-state index contributed by atoms with van der Waals surface area (Å²) >= 11 is 0. The summed E-state index contributed by atoms with van der Waals surface area (Å²) in [4.78, 5) is 24.8. The van der Waals surface area contributed by atoms with E-state index in [2.05, 4.69) is 10.2 Å². The largest absolute Gasteiger partial charge is 0.282 e. The molecular weight excluding hydrogens is 368 g/mol. The number of benzene rings is 1. The second-order valence-electron chi connectivity index (χ2n) is 6.80. The standard InChI is InChI=1S/C18H18N4O4S/c1-11-16(12(2)21(20-11)13-7-8-27(25,26)10-13)9-19-22-17(23)14-5-3-4-6-15(14)18(22)24/h3-6,9,13H,7-8,10H2,1-2H3/t13-/m0/s1. The lowest BCUT2D eigenvalue weighted by Crippen LogP contribution is -2.24. The van der Waals surface area contributed by atoms with E-state index >= 15 is 0 Å². The highest BCUT2D eigenvalue weighted by Crippen LogP contribution is 2.27. The molecule has 2 aliphatic rings. The van der Waals surface area contributed by atoms with Gasteiger partial charge in [-0.2, -0.15) is 15.2 Å². The Kier molecular flexibility index (Phi) is 3.99. The number of imide groups is 1.